The summed E-state index contributed by atoms with van der Waals surface area (Å²) in [5.74, 6) is -0.251. The van der Waals surface area contributed by atoms with Crippen LogP contribution >= 0.6 is 22.9 Å². The van der Waals surface area contributed by atoms with Crippen molar-refractivity contribution in [1.29, 1.82) is 0 Å². The number of carbonyl (C=O) groups is 1. The minimum Gasteiger partial charge on any atom is -0.351 e. The Morgan fingerprint density at radius 2 is 2.28 bits per heavy atom. The smallest absolute Gasteiger partial charge is 0.273 e. The van der Waals surface area contributed by atoms with Gasteiger partial charge in [0.15, 0.2) is 0 Å². The van der Waals surface area contributed by atoms with Gasteiger partial charge in [0.05, 0.1) is 0 Å². The standard InChI is InChI=1S/C11H7ClN4OS/c12-7-1-2-8-6(3-7)4-9(14-8)10(17)15-11-16-13-5-18-11/h1-5,14H,(H,15,16,17). The van der Waals surface area contributed by atoms with Gasteiger partial charge in [-0.15, -0.1) is 10.2 Å². The highest BCUT2D eigenvalue weighted by Crippen LogP contribution is 2.20. The third kappa shape index (κ3) is 2.07. The fraction of sp³-hybridized carbons (Fsp3) is 0. The van der Waals surface area contributed by atoms with Gasteiger partial charge in [-0.25, -0.2) is 0 Å². The van der Waals surface area contributed by atoms with E-state index in [1.165, 1.54) is 11.3 Å². The number of amides is 1. The summed E-state index contributed by atoms with van der Waals surface area (Å²) < 4.78 is 0. The van der Waals surface area contributed by atoms with Gasteiger partial charge in [-0.05, 0) is 24.3 Å². The van der Waals surface area contributed by atoms with Crippen LogP contribution in [0.2, 0.25) is 5.02 Å². The SMILES string of the molecule is O=C(Nc1nncs1)c1cc2cc(Cl)ccc2[nH]1. The minimum atomic E-state index is -0.251. The highest BCUT2D eigenvalue weighted by atomic mass is 35.5. The summed E-state index contributed by atoms with van der Waals surface area (Å²) in [6.07, 6.45) is 0. The van der Waals surface area contributed by atoms with Crippen LogP contribution in [0, 0.1) is 0 Å². The Labute approximate surface area is 111 Å². The largest absolute Gasteiger partial charge is 0.351 e. The van der Waals surface area contributed by atoms with Crippen LogP contribution in [0.25, 0.3) is 10.9 Å². The molecule has 0 radical (unpaired) electrons. The average Bonchev–Trinajstić information content (AvgIpc) is 2.96. The molecule has 5 nitrogen and oxygen atoms in total. The first-order chi connectivity index (χ1) is 8.72. The number of nitrogens with zero attached hydrogens (tertiary/aromatic N) is 2. The fourth-order valence-corrected chi connectivity index (χ4v) is 2.24. The zero-order valence-corrected chi connectivity index (χ0v) is 10.5. The number of nitrogens with one attached hydrogen (secondary N) is 2. The molecule has 0 aliphatic carbocycles. The van der Waals surface area contributed by atoms with E-state index in [-0.39, 0.29) is 5.91 Å². The first-order valence-electron chi connectivity index (χ1n) is 5.08. The third-order valence-electron chi connectivity index (χ3n) is 2.41. The zero-order chi connectivity index (χ0) is 12.5. The lowest BCUT2D eigenvalue weighted by atomic mass is 10.2. The molecule has 7 heteroatoms. The number of H-pyrrole nitrogens is 1. The molecule has 0 spiro atoms. The van der Waals surface area contributed by atoms with Crippen LogP contribution in [0.15, 0.2) is 29.8 Å². The van der Waals surface area contributed by atoms with Gasteiger partial charge in [-0.1, -0.05) is 22.9 Å². The Hall–Kier alpha value is -1.92. The number of rotatable bonds is 2. The molecule has 1 amide bonds. The Bertz CT molecular complexity index is 707. The first kappa shape index (κ1) is 11.2. The minimum absolute atomic E-state index is 0.251. The van der Waals surface area contributed by atoms with E-state index >= 15 is 0 Å². The van der Waals surface area contributed by atoms with E-state index in [0.717, 1.165) is 10.9 Å². The molecule has 3 rings (SSSR count). The highest BCUT2D eigenvalue weighted by molar-refractivity contribution is 7.13. The number of hydrogen-bond acceptors (Lipinski definition) is 4. The molecule has 1 aromatic carbocycles. The molecule has 0 saturated carbocycles. The maximum atomic E-state index is 11.9. The number of fused-ring (bicyclic) bond motifs is 1. The Balaban J connectivity index is 1.92. The quantitative estimate of drug-likeness (QED) is 0.757. The number of anilines is 1. The molecule has 0 saturated heterocycles. The molecule has 90 valence electrons. The molecule has 3 aromatic rings. The second kappa shape index (κ2) is 4.40. The molecule has 0 aliphatic rings. The van der Waals surface area contributed by atoms with Crippen LogP contribution in [0.1, 0.15) is 10.5 Å². The summed E-state index contributed by atoms with van der Waals surface area (Å²) >= 11 is 7.16. The lowest BCUT2D eigenvalue weighted by molar-refractivity contribution is 0.102. The monoisotopic (exact) mass is 278 g/mol. The number of hydrogen-bond donors (Lipinski definition) is 2. The molecule has 0 bridgehead atoms. The predicted molar refractivity (Wildman–Crippen MR) is 71.2 cm³/mol. The molecule has 0 unspecified atom stereocenters. The molecule has 0 aliphatic heterocycles. The van der Waals surface area contributed by atoms with Gasteiger partial charge in [0.25, 0.3) is 5.91 Å². The predicted octanol–water partition coefficient (Wildman–Crippen LogP) is 2.93. The van der Waals surface area contributed by atoms with Gasteiger partial charge in [-0.3, -0.25) is 10.1 Å². The van der Waals surface area contributed by atoms with Gasteiger partial charge >= 0.3 is 0 Å². The second-order valence-electron chi connectivity index (χ2n) is 3.61. The number of aromatic amines is 1. The van der Waals surface area contributed by atoms with Crippen molar-refractivity contribution < 1.29 is 4.79 Å². The van der Waals surface area contributed by atoms with Gasteiger partial charge < -0.3 is 4.98 Å². The molecular formula is C11H7ClN4OS. The maximum Gasteiger partial charge on any atom is 0.273 e. The van der Waals surface area contributed by atoms with Gasteiger partial charge in [0.1, 0.15) is 11.2 Å². The van der Waals surface area contributed by atoms with Crippen molar-refractivity contribution >= 4 is 44.9 Å². The van der Waals surface area contributed by atoms with E-state index in [1.807, 2.05) is 6.07 Å². The maximum absolute atomic E-state index is 11.9. The third-order valence-corrected chi connectivity index (χ3v) is 3.25. The summed E-state index contributed by atoms with van der Waals surface area (Å²) in [6, 6.07) is 7.15. The Morgan fingerprint density at radius 3 is 3.06 bits per heavy atom. The molecule has 2 N–H and O–H groups in total. The number of halogens is 1. The van der Waals surface area contributed by atoms with E-state index in [4.69, 9.17) is 11.6 Å². The van der Waals surface area contributed by atoms with Crippen molar-refractivity contribution in [3.05, 3.63) is 40.5 Å². The van der Waals surface area contributed by atoms with Crippen LogP contribution < -0.4 is 5.32 Å². The molecule has 0 fully saturated rings. The van der Waals surface area contributed by atoms with E-state index in [9.17, 15) is 4.79 Å². The first-order valence-corrected chi connectivity index (χ1v) is 6.34. The molecule has 18 heavy (non-hydrogen) atoms. The number of benzene rings is 1. The van der Waals surface area contributed by atoms with Crippen LogP contribution in [-0.2, 0) is 0 Å². The van der Waals surface area contributed by atoms with Crippen LogP contribution in [0.5, 0.6) is 0 Å². The van der Waals surface area contributed by atoms with Crippen molar-refractivity contribution in [3.8, 4) is 0 Å². The molecule has 2 heterocycles. The molecule has 2 aromatic heterocycles. The van der Waals surface area contributed by atoms with E-state index in [1.54, 1.807) is 23.7 Å². The second-order valence-corrected chi connectivity index (χ2v) is 4.88. The highest BCUT2D eigenvalue weighted by Gasteiger charge is 2.11. The number of carbonyl (C=O) groups excluding carboxylic acids is 1. The van der Waals surface area contributed by atoms with Crippen molar-refractivity contribution in [2.45, 2.75) is 0 Å². The fourth-order valence-electron chi connectivity index (χ4n) is 1.62. The van der Waals surface area contributed by atoms with E-state index in [0.29, 0.717) is 15.8 Å². The average molecular weight is 279 g/mol. The summed E-state index contributed by atoms with van der Waals surface area (Å²) in [7, 11) is 0. The lowest BCUT2D eigenvalue weighted by Gasteiger charge is -1.96. The van der Waals surface area contributed by atoms with Gasteiger partial charge in [0, 0.05) is 15.9 Å². The number of aromatic nitrogens is 3. The Kier molecular flexibility index (Phi) is 2.73. The van der Waals surface area contributed by atoms with Crippen molar-refractivity contribution in [1.82, 2.24) is 15.2 Å². The van der Waals surface area contributed by atoms with E-state index < -0.39 is 0 Å². The summed E-state index contributed by atoms with van der Waals surface area (Å²) in [4.78, 5) is 15.0. The van der Waals surface area contributed by atoms with Crippen molar-refractivity contribution in [2.24, 2.45) is 0 Å². The Morgan fingerprint density at radius 1 is 1.39 bits per heavy atom. The normalized spacial score (nSPS) is 10.7. The summed E-state index contributed by atoms with van der Waals surface area (Å²) in [6.45, 7) is 0. The van der Waals surface area contributed by atoms with Gasteiger partial charge in [0.2, 0.25) is 5.13 Å². The van der Waals surface area contributed by atoms with Crippen molar-refractivity contribution in [2.75, 3.05) is 5.32 Å². The van der Waals surface area contributed by atoms with E-state index in [2.05, 4.69) is 20.5 Å². The van der Waals surface area contributed by atoms with Gasteiger partial charge in [-0.2, -0.15) is 0 Å². The summed E-state index contributed by atoms with van der Waals surface area (Å²) in [5.41, 5.74) is 2.88. The van der Waals surface area contributed by atoms with Crippen LogP contribution in [0.3, 0.4) is 0 Å². The lowest BCUT2D eigenvalue weighted by Crippen LogP contribution is -2.11. The van der Waals surface area contributed by atoms with Crippen LogP contribution in [-0.4, -0.2) is 21.1 Å². The molecular weight excluding hydrogens is 272 g/mol. The van der Waals surface area contributed by atoms with Crippen LogP contribution in [0.4, 0.5) is 5.13 Å². The topological polar surface area (TPSA) is 70.7 Å². The molecule has 0 atom stereocenters. The van der Waals surface area contributed by atoms with Crippen molar-refractivity contribution in [3.63, 3.8) is 0 Å². The zero-order valence-electron chi connectivity index (χ0n) is 8.98. The summed E-state index contributed by atoms with van der Waals surface area (Å²) in [5, 5.41) is 12.1.